The van der Waals surface area contributed by atoms with Crippen LogP contribution in [0.3, 0.4) is 0 Å². The van der Waals surface area contributed by atoms with Crippen LogP contribution in [0.25, 0.3) is 0 Å². The van der Waals surface area contributed by atoms with Crippen molar-refractivity contribution < 1.29 is 19.1 Å². The monoisotopic (exact) mass is 525 g/mol. The average Bonchev–Trinajstić information content (AvgIpc) is 3.35. The number of nitriles is 1. The third kappa shape index (κ3) is 8.76. The molecular formula is C27H35N5O4S. The molecule has 0 aliphatic carbocycles. The Labute approximate surface area is 222 Å². The van der Waals surface area contributed by atoms with Gasteiger partial charge in [-0.05, 0) is 64.2 Å². The number of carbonyl (C=O) groups is 1. The van der Waals surface area contributed by atoms with Gasteiger partial charge in [0.2, 0.25) is 0 Å². The van der Waals surface area contributed by atoms with Gasteiger partial charge in [-0.3, -0.25) is 14.6 Å². The van der Waals surface area contributed by atoms with Crippen molar-refractivity contribution in [2.24, 2.45) is 0 Å². The summed E-state index contributed by atoms with van der Waals surface area (Å²) in [6.07, 6.45) is 5.88. The summed E-state index contributed by atoms with van der Waals surface area (Å²) in [7, 11) is 0. The van der Waals surface area contributed by atoms with E-state index in [4.69, 9.17) is 19.6 Å². The first-order valence-corrected chi connectivity index (χ1v) is 13.4. The minimum absolute atomic E-state index is 0.0551. The molecule has 4 rings (SSSR count). The standard InChI is InChI=1S/C26H35N5O2S.CO2/c1-26(2,3)31-14-10-22(11-15-31)33-25-28-17-23(34-25)24(32)29-21-8-12-30(13-9-21)18-20-6-4-19(16-27)5-7-20;2-1-3/h4-7,17,21-22H,8-15,18H2,1-3H3,(H,29,32);. The number of piperidine rings is 2. The quantitative estimate of drug-likeness (QED) is 0.610. The van der Waals surface area contributed by atoms with Crippen LogP contribution in [-0.2, 0) is 16.1 Å². The summed E-state index contributed by atoms with van der Waals surface area (Å²) in [5.74, 6) is -0.0551. The van der Waals surface area contributed by atoms with E-state index in [9.17, 15) is 4.79 Å². The molecule has 1 amide bonds. The average molecular weight is 526 g/mol. The van der Waals surface area contributed by atoms with Crippen molar-refractivity contribution in [2.45, 2.75) is 70.7 Å². The third-order valence-corrected chi connectivity index (χ3v) is 7.67. The van der Waals surface area contributed by atoms with Gasteiger partial charge < -0.3 is 10.1 Å². The SMILES string of the molecule is CC(C)(C)N1CCC(Oc2ncc(C(=O)NC3CCN(Cc4ccc(C#N)cc4)CC3)s2)CC1.O=C=O. The highest BCUT2D eigenvalue weighted by atomic mass is 32.1. The molecule has 198 valence electrons. The summed E-state index contributed by atoms with van der Waals surface area (Å²) in [6, 6.07) is 10.1. The van der Waals surface area contributed by atoms with E-state index in [1.807, 2.05) is 24.3 Å². The van der Waals surface area contributed by atoms with E-state index in [0.29, 0.717) is 15.6 Å². The first-order valence-electron chi connectivity index (χ1n) is 12.6. The first kappa shape index (κ1) is 28.5. The Kier molecular flexibility index (Phi) is 10.4. The van der Waals surface area contributed by atoms with Crippen molar-refractivity contribution in [1.82, 2.24) is 20.1 Å². The van der Waals surface area contributed by atoms with Crippen molar-refractivity contribution in [3.05, 3.63) is 46.5 Å². The molecule has 0 spiro atoms. The van der Waals surface area contributed by atoms with E-state index in [2.05, 4.69) is 46.9 Å². The second kappa shape index (κ2) is 13.5. The van der Waals surface area contributed by atoms with E-state index in [1.54, 1.807) is 6.20 Å². The molecule has 1 aromatic carbocycles. The topological polar surface area (TPSA) is 116 Å². The van der Waals surface area contributed by atoms with Crippen LogP contribution in [0.5, 0.6) is 5.19 Å². The summed E-state index contributed by atoms with van der Waals surface area (Å²) < 4.78 is 6.10. The Balaban J connectivity index is 0.00000121. The van der Waals surface area contributed by atoms with E-state index < -0.39 is 0 Å². The number of aromatic nitrogens is 1. The van der Waals surface area contributed by atoms with Crippen LogP contribution in [0.1, 0.15) is 67.3 Å². The molecule has 0 atom stereocenters. The lowest BCUT2D eigenvalue weighted by atomic mass is 9.99. The lowest BCUT2D eigenvalue weighted by Gasteiger charge is -2.40. The molecule has 9 nitrogen and oxygen atoms in total. The molecule has 0 saturated carbocycles. The lowest BCUT2D eigenvalue weighted by Crippen LogP contribution is -2.48. The van der Waals surface area contributed by atoms with Gasteiger partial charge in [-0.15, -0.1) is 0 Å². The normalized spacial score (nSPS) is 17.7. The molecule has 0 bridgehead atoms. The number of ether oxygens (including phenoxy) is 1. The zero-order valence-corrected chi connectivity index (χ0v) is 22.6. The zero-order valence-electron chi connectivity index (χ0n) is 21.7. The maximum Gasteiger partial charge on any atom is 0.373 e. The van der Waals surface area contributed by atoms with Gasteiger partial charge in [-0.25, -0.2) is 4.98 Å². The fourth-order valence-electron chi connectivity index (χ4n) is 4.64. The van der Waals surface area contributed by atoms with E-state index in [0.717, 1.165) is 58.4 Å². The van der Waals surface area contributed by atoms with Gasteiger partial charge >= 0.3 is 6.15 Å². The van der Waals surface area contributed by atoms with Crippen LogP contribution < -0.4 is 10.1 Å². The van der Waals surface area contributed by atoms with Gasteiger partial charge in [-0.1, -0.05) is 23.5 Å². The Morgan fingerprint density at radius 2 is 1.73 bits per heavy atom. The number of nitrogens with zero attached hydrogens (tertiary/aromatic N) is 4. The lowest BCUT2D eigenvalue weighted by molar-refractivity contribution is -0.191. The molecule has 3 heterocycles. The zero-order chi connectivity index (χ0) is 26.8. The number of thiazole rings is 1. The van der Waals surface area contributed by atoms with Crippen LogP contribution >= 0.6 is 11.3 Å². The molecule has 2 saturated heterocycles. The van der Waals surface area contributed by atoms with Crippen molar-refractivity contribution in [3.8, 4) is 11.3 Å². The molecule has 2 aliphatic heterocycles. The maximum absolute atomic E-state index is 12.8. The Bertz CT molecular complexity index is 1080. The fraction of sp³-hybridized carbons (Fsp3) is 0.556. The number of amides is 1. The molecule has 0 unspecified atom stereocenters. The van der Waals surface area contributed by atoms with Gasteiger partial charge in [0.05, 0.1) is 17.8 Å². The Morgan fingerprint density at radius 1 is 1.11 bits per heavy atom. The second-order valence-electron chi connectivity index (χ2n) is 10.4. The van der Waals surface area contributed by atoms with Crippen molar-refractivity contribution in [1.29, 1.82) is 5.26 Å². The predicted molar refractivity (Wildman–Crippen MR) is 139 cm³/mol. The number of rotatable bonds is 6. The Hall–Kier alpha value is -3.09. The summed E-state index contributed by atoms with van der Waals surface area (Å²) in [5.41, 5.74) is 2.09. The van der Waals surface area contributed by atoms with Gasteiger partial charge in [0.25, 0.3) is 11.1 Å². The van der Waals surface area contributed by atoms with E-state index in [1.165, 1.54) is 16.9 Å². The van der Waals surface area contributed by atoms with Gasteiger partial charge in [0.1, 0.15) is 11.0 Å². The molecule has 2 aliphatic rings. The van der Waals surface area contributed by atoms with Crippen LogP contribution in [0.15, 0.2) is 30.5 Å². The van der Waals surface area contributed by atoms with Crippen LogP contribution in [0.4, 0.5) is 0 Å². The predicted octanol–water partition coefficient (Wildman–Crippen LogP) is 3.47. The number of benzene rings is 1. The van der Waals surface area contributed by atoms with Gasteiger partial charge in [0, 0.05) is 44.3 Å². The number of hydrogen-bond donors (Lipinski definition) is 1. The fourth-order valence-corrected chi connectivity index (χ4v) is 5.37. The van der Waals surface area contributed by atoms with Crippen molar-refractivity contribution in [2.75, 3.05) is 26.2 Å². The third-order valence-electron chi connectivity index (χ3n) is 6.78. The van der Waals surface area contributed by atoms with E-state index in [-0.39, 0.29) is 29.7 Å². The number of hydrogen-bond acceptors (Lipinski definition) is 9. The van der Waals surface area contributed by atoms with Crippen LogP contribution in [0, 0.1) is 11.3 Å². The minimum atomic E-state index is -0.0551. The van der Waals surface area contributed by atoms with Crippen molar-refractivity contribution >= 4 is 23.4 Å². The molecular weight excluding hydrogens is 490 g/mol. The number of likely N-dealkylation sites (tertiary alicyclic amines) is 2. The molecule has 0 radical (unpaired) electrons. The molecule has 2 aromatic rings. The first-order chi connectivity index (χ1) is 17.7. The Morgan fingerprint density at radius 3 is 2.30 bits per heavy atom. The summed E-state index contributed by atoms with van der Waals surface area (Å²) in [4.78, 5) is 38.9. The molecule has 1 aromatic heterocycles. The molecule has 1 N–H and O–H groups in total. The molecule has 10 heteroatoms. The van der Waals surface area contributed by atoms with Gasteiger partial charge in [0.15, 0.2) is 0 Å². The highest BCUT2D eigenvalue weighted by molar-refractivity contribution is 7.15. The number of carbonyl (C=O) groups excluding carboxylic acids is 3. The summed E-state index contributed by atoms with van der Waals surface area (Å²) in [6.45, 7) is 11.5. The largest absolute Gasteiger partial charge is 0.467 e. The summed E-state index contributed by atoms with van der Waals surface area (Å²) in [5, 5.41) is 12.7. The van der Waals surface area contributed by atoms with E-state index >= 15 is 0 Å². The second-order valence-corrected chi connectivity index (χ2v) is 11.4. The maximum atomic E-state index is 12.8. The highest BCUT2D eigenvalue weighted by Gasteiger charge is 2.28. The van der Waals surface area contributed by atoms with Crippen LogP contribution in [0.2, 0.25) is 0 Å². The minimum Gasteiger partial charge on any atom is -0.467 e. The smallest absolute Gasteiger partial charge is 0.373 e. The summed E-state index contributed by atoms with van der Waals surface area (Å²) >= 11 is 1.34. The van der Waals surface area contributed by atoms with Crippen molar-refractivity contribution in [3.63, 3.8) is 0 Å². The van der Waals surface area contributed by atoms with Crippen LogP contribution in [-0.4, -0.2) is 70.7 Å². The number of nitrogens with one attached hydrogen (secondary N) is 1. The molecule has 2 fully saturated rings. The van der Waals surface area contributed by atoms with Gasteiger partial charge in [-0.2, -0.15) is 14.9 Å². The molecule has 37 heavy (non-hydrogen) atoms. The highest BCUT2D eigenvalue weighted by Crippen LogP contribution is 2.27.